The number of benzene rings is 2. The number of imide groups is 1. The van der Waals surface area contributed by atoms with Gasteiger partial charge in [0.1, 0.15) is 17.9 Å². The molecule has 2 aromatic rings. The number of fused-ring (bicyclic) bond motifs is 1. The lowest BCUT2D eigenvalue weighted by Crippen LogP contribution is -2.56. The van der Waals surface area contributed by atoms with Gasteiger partial charge in [0.25, 0.3) is 5.91 Å². The lowest BCUT2D eigenvalue weighted by molar-refractivity contribution is -0.136. The summed E-state index contributed by atoms with van der Waals surface area (Å²) in [5.41, 5.74) is 2.69. The summed E-state index contributed by atoms with van der Waals surface area (Å²) in [5.74, 6) is -0.118. The second kappa shape index (κ2) is 10.4. The van der Waals surface area contributed by atoms with Crippen LogP contribution in [0.4, 0.5) is 0 Å². The van der Waals surface area contributed by atoms with Crippen molar-refractivity contribution < 1.29 is 19.1 Å². The van der Waals surface area contributed by atoms with E-state index in [-0.39, 0.29) is 30.4 Å². The Morgan fingerprint density at radius 1 is 1.08 bits per heavy atom. The first-order chi connectivity index (χ1) is 17.4. The third-order valence-electron chi connectivity index (χ3n) is 7.51. The topological polar surface area (TPSA) is 91.0 Å². The Balaban J connectivity index is 1.29. The largest absolute Gasteiger partial charge is 0.487 e. The van der Waals surface area contributed by atoms with Crippen LogP contribution in [0.3, 0.4) is 0 Å². The summed E-state index contributed by atoms with van der Waals surface area (Å²) in [6.07, 6.45) is 1.56. The number of likely N-dealkylation sites (tertiary alicyclic amines) is 1. The molecule has 2 aromatic carbocycles. The predicted octanol–water partition coefficient (Wildman–Crippen LogP) is 2.47. The molecule has 8 nitrogen and oxygen atoms in total. The SMILES string of the molecule is CC(C)N1CC[C@@H](NCc2ccccc2)[C@H](Oc2ccc3c(c2)CN(C2CCC(=O)NC2=O)C3=O)C1. The van der Waals surface area contributed by atoms with Gasteiger partial charge in [-0.25, -0.2) is 0 Å². The molecule has 0 spiro atoms. The molecule has 0 radical (unpaired) electrons. The second-order valence-electron chi connectivity index (χ2n) is 10.2. The van der Waals surface area contributed by atoms with Crippen LogP contribution in [-0.4, -0.2) is 64.8 Å². The molecule has 2 saturated heterocycles. The number of nitrogens with zero attached hydrogens (tertiary/aromatic N) is 2. The summed E-state index contributed by atoms with van der Waals surface area (Å²) < 4.78 is 6.56. The van der Waals surface area contributed by atoms with Gasteiger partial charge in [0.15, 0.2) is 0 Å². The first-order valence-electron chi connectivity index (χ1n) is 12.8. The molecule has 2 fully saturated rings. The molecule has 3 atom stereocenters. The van der Waals surface area contributed by atoms with Gasteiger partial charge in [0.05, 0.1) is 0 Å². The van der Waals surface area contributed by atoms with Crippen LogP contribution >= 0.6 is 0 Å². The maximum Gasteiger partial charge on any atom is 0.255 e. The fourth-order valence-corrected chi connectivity index (χ4v) is 5.41. The summed E-state index contributed by atoms with van der Waals surface area (Å²) in [7, 11) is 0. The molecule has 36 heavy (non-hydrogen) atoms. The summed E-state index contributed by atoms with van der Waals surface area (Å²) in [5, 5.41) is 6.05. The molecule has 1 unspecified atom stereocenters. The Hall–Kier alpha value is -3.23. The minimum absolute atomic E-state index is 0.0359. The van der Waals surface area contributed by atoms with Gasteiger partial charge in [-0.3, -0.25) is 24.6 Å². The minimum Gasteiger partial charge on any atom is -0.487 e. The van der Waals surface area contributed by atoms with Crippen molar-refractivity contribution in [1.29, 1.82) is 0 Å². The molecule has 190 valence electrons. The third-order valence-corrected chi connectivity index (χ3v) is 7.51. The molecular weight excluding hydrogens is 456 g/mol. The summed E-state index contributed by atoms with van der Waals surface area (Å²) in [6, 6.07) is 16.0. The van der Waals surface area contributed by atoms with Crippen molar-refractivity contribution in [3.05, 3.63) is 65.2 Å². The lowest BCUT2D eigenvalue weighted by Gasteiger charge is -2.40. The van der Waals surface area contributed by atoms with Crippen molar-refractivity contribution in [3.8, 4) is 5.75 Å². The molecule has 8 heteroatoms. The molecule has 5 rings (SSSR count). The van der Waals surface area contributed by atoms with Gasteiger partial charge in [0.2, 0.25) is 11.8 Å². The molecule has 2 N–H and O–H groups in total. The van der Waals surface area contributed by atoms with Gasteiger partial charge in [0, 0.05) is 50.2 Å². The molecule has 3 heterocycles. The van der Waals surface area contributed by atoms with Crippen LogP contribution < -0.4 is 15.4 Å². The van der Waals surface area contributed by atoms with Crippen LogP contribution in [0, 0.1) is 0 Å². The third kappa shape index (κ3) is 5.15. The molecule has 0 bridgehead atoms. The van der Waals surface area contributed by atoms with Crippen LogP contribution in [0.2, 0.25) is 0 Å². The van der Waals surface area contributed by atoms with Crippen molar-refractivity contribution in [2.45, 2.75) is 70.4 Å². The van der Waals surface area contributed by atoms with Gasteiger partial charge >= 0.3 is 0 Å². The molecule has 3 aliphatic rings. The van der Waals surface area contributed by atoms with Crippen LogP contribution in [0.15, 0.2) is 48.5 Å². The van der Waals surface area contributed by atoms with E-state index in [1.807, 2.05) is 18.2 Å². The van der Waals surface area contributed by atoms with Crippen molar-refractivity contribution in [2.75, 3.05) is 13.1 Å². The lowest BCUT2D eigenvalue weighted by atomic mass is 9.99. The molecule has 3 aliphatic heterocycles. The Bertz CT molecular complexity index is 1140. The van der Waals surface area contributed by atoms with Gasteiger partial charge in [-0.2, -0.15) is 0 Å². The summed E-state index contributed by atoms with van der Waals surface area (Å²) >= 11 is 0. The van der Waals surface area contributed by atoms with Crippen molar-refractivity contribution in [2.24, 2.45) is 0 Å². The second-order valence-corrected chi connectivity index (χ2v) is 10.2. The predicted molar refractivity (Wildman–Crippen MR) is 135 cm³/mol. The van der Waals surface area contributed by atoms with Crippen LogP contribution in [0.1, 0.15) is 54.6 Å². The highest BCUT2D eigenvalue weighted by molar-refractivity contribution is 6.05. The highest BCUT2D eigenvalue weighted by atomic mass is 16.5. The Labute approximate surface area is 212 Å². The molecule has 3 amide bonds. The van der Waals surface area contributed by atoms with E-state index < -0.39 is 11.9 Å². The quantitative estimate of drug-likeness (QED) is 0.580. The number of carbonyl (C=O) groups excluding carboxylic acids is 3. The number of piperidine rings is 2. The number of nitrogens with one attached hydrogen (secondary N) is 2. The monoisotopic (exact) mass is 490 g/mol. The van der Waals surface area contributed by atoms with Crippen molar-refractivity contribution in [3.63, 3.8) is 0 Å². The summed E-state index contributed by atoms with van der Waals surface area (Å²) in [6.45, 7) is 7.38. The van der Waals surface area contributed by atoms with Crippen LogP contribution in [-0.2, 0) is 22.7 Å². The van der Waals surface area contributed by atoms with Crippen LogP contribution in [0.25, 0.3) is 0 Å². The van der Waals surface area contributed by atoms with E-state index in [1.54, 1.807) is 11.0 Å². The Kier molecular flexibility index (Phi) is 7.07. The number of rotatable bonds is 7. The van der Waals surface area contributed by atoms with Gasteiger partial charge in [-0.05, 0) is 56.0 Å². The maximum absolute atomic E-state index is 13.0. The summed E-state index contributed by atoms with van der Waals surface area (Å²) in [4.78, 5) is 40.9. The average molecular weight is 491 g/mol. The number of amides is 3. The number of ether oxygens (including phenoxy) is 1. The fourth-order valence-electron chi connectivity index (χ4n) is 5.41. The van der Waals surface area contributed by atoms with Crippen LogP contribution in [0.5, 0.6) is 5.75 Å². The zero-order valence-electron chi connectivity index (χ0n) is 20.9. The number of hydrogen-bond donors (Lipinski definition) is 2. The number of hydrogen-bond acceptors (Lipinski definition) is 6. The zero-order chi connectivity index (χ0) is 25.2. The standard InChI is InChI=1S/C28H34N4O4/c1-18(2)31-13-12-23(29-15-19-6-4-3-5-7-19)25(17-31)36-21-8-9-22-20(14-21)16-32(28(22)35)24-10-11-26(33)30-27(24)34/h3-9,14,18,23-25,29H,10-13,15-17H2,1-2H3,(H,30,33,34)/t23-,24?,25-/m1/s1. The Morgan fingerprint density at radius 2 is 1.89 bits per heavy atom. The van der Waals surface area contributed by atoms with E-state index >= 15 is 0 Å². The van der Waals surface area contributed by atoms with Gasteiger partial charge in [-0.1, -0.05) is 30.3 Å². The molecule has 0 saturated carbocycles. The smallest absolute Gasteiger partial charge is 0.255 e. The average Bonchev–Trinajstić information content (AvgIpc) is 3.19. The van der Waals surface area contributed by atoms with E-state index in [9.17, 15) is 14.4 Å². The van der Waals surface area contributed by atoms with E-state index in [0.717, 1.165) is 37.4 Å². The van der Waals surface area contributed by atoms with Gasteiger partial charge < -0.3 is 15.0 Å². The van der Waals surface area contributed by atoms with Crippen molar-refractivity contribution in [1.82, 2.24) is 20.4 Å². The first kappa shape index (κ1) is 24.5. The van der Waals surface area contributed by atoms with E-state index in [1.165, 1.54) is 5.56 Å². The fraction of sp³-hybridized carbons (Fsp3) is 0.464. The maximum atomic E-state index is 13.0. The molecule has 0 aliphatic carbocycles. The first-order valence-corrected chi connectivity index (χ1v) is 12.8. The molecular formula is C28H34N4O4. The van der Waals surface area contributed by atoms with E-state index in [4.69, 9.17) is 4.74 Å². The number of carbonyl (C=O) groups is 3. The minimum atomic E-state index is -0.614. The molecule has 0 aromatic heterocycles. The normalized spacial score (nSPS) is 24.7. The van der Waals surface area contributed by atoms with Crippen molar-refractivity contribution >= 4 is 17.7 Å². The van der Waals surface area contributed by atoms with Gasteiger partial charge in [-0.15, -0.1) is 0 Å². The highest BCUT2D eigenvalue weighted by Gasteiger charge is 2.39. The zero-order valence-corrected chi connectivity index (χ0v) is 20.9. The Morgan fingerprint density at radius 3 is 2.64 bits per heavy atom. The van der Waals surface area contributed by atoms with E-state index in [2.05, 4.69) is 53.6 Å². The highest BCUT2D eigenvalue weighted by Crippen LogP contribution is 2.31. The van der Waals surface area contributed by atoms with E-state index in [0.29, 0.717) is 24.6 Å².